The van der Waals surface area contributed by atoms with Crippen LogP contribution in [-0.4, -0.2) is 36.6 Å². The van der Waals surface area contributed by atoms with Crippen LogP contribution in [0.1, 0.15) is 73.6 Å². The third-order valence-electron chi connectivity index (χ3n) is 5.57. The molecule has 126 valence electrons. The Hall–Kier alpha value is -0.0800. The lowest BCUT2D eigenvalue weighted by Crippen LogP contribution is -2.54. The van der Waals surface area contributed by atoms with E-state index < -0.39 is 0 Å². The maximum absolute atomic E-state index is 3.85. The van der Waals surface area contributed by atoms with Crippen LogP contribution >= 0.6 is 0 Å². The number of rotatable bonds is 9. The molecule has 4 unspecified atom stereocenters. The SMILES string of the molecule is CCCNC1CCC(C(C)C)CC1N(CC)CC(C)CC. The lowest BCUT2D eigenvalue weighted by Gasteiger charge is -2.44. The van der Waals surface area contributed by atoms with Gasteiger partial charge in [0.25, 0.3) is 0 Å². The van der Waals surface area contributed by atoms with Crippen molar-refractivity contribution in [2.24, 2.45) is 17.8 Å². The topological polar surface area (TPSA) is 15.3 Å². The van der Waals surface area contributed by atoms with E-state index in [0.29, 0.717) is 6.04 Å². The van der Waals surface area contributed by atoms with Gasteiger partial charge in [-0.15, -0.1) is 0 Å². The van der Waals surface area contributed by atoms with Crippen molar-refractivity contribution >= 4 is 0 Å². The first-order valence-corrected chi connectivity index (χ1v) is 9.50. The van der Waals surface area contributed by atoms with Gasteiger partial charge in [0.1, 0.15) is 0 Å². The van der Waals surface area contributed by atoms with E-state index in [9.17, 15) is 0 Å². The zero-order valence-corrected chi connectivity index (χ0v) is 15.5. The fourth-order valence-electron chi connectivity index (χ4n) is 3.78. The molecule has 0 heterocycles. The molecule has 0 amide bonds. The summed E-state index contributed by atoms with van der Waals surface area (Å²) in [6.45, 7) is 17.8. The van der Waals surface area contributed by atoms with E-state index >= 15 is 0 Å². The first kappa shape index (κ1) is 19.0. The molecule has 1 aliphatic rings. The molecule has 21 heavy (non-hydrogen) atoms. The van der Waals surface area contributed by atoms with Crippen molar-refractivity contribution in [1.29, 1.82) is 0 Å². The van der Waals surface area contributed by atoms with Gasteiger partial charge in [0.05, 0.1) is 0 Å². The van der Waals surface area contributed by atoms with Crippen LogP contribution in [0, 0.1) is 17.8 Å². The quantitative estimate of drug-likeness (QED) is 0.671. The maximum Gasteiger partial charge on any atom is 0.0252 e. The first-order valence-electron chi connectivity index (χ1n) is 9.50. The molecular formula is C19H40N2. The smallest absolute Gasteiger partial charge is 0.0252 e. The van der Waals surface area contributed by atoms with Crippen molar-refractivity contribution in [2.45, 2.75) is 85.7 Å². The Balaban J connectivity index is 2.74. The summed E-state index contributed by atoms with van der Waals surface area (Å²) in [5, 5.41) is 3.85. The summed E-state index contributed by atoms with van der Waals surface area (Å²) in [7, 11) is 0. The van der Waals surface area contributed by atoms with Crippen molar-refractivity contribution < 1.29 is 0 Å². The van der Waals surface area contributed by atoms with Crippen LogP contribution in [0.25, 0.3) is 0 Å². The van der Waals surface area contributed by atoms with Gasteiger partial charge in [0.15, 0.2) is 0 Å². The highest BCUT2D eigenvalue weighted by Gasteiger charge is 2.34. The van der Waals surface area contributed by atoms with Gasteiger partial charge in [-0.2, -0.15) is 0 Å². The van der Waals surface area contributed by atoms with Crippen LogP contribution in [0.4, 0.5) is 0 Å². The van der Waals surface area contributed by atoms with E-state index in [4.69, 9.17) is 0 Å². The highest BCUT2D eigenvalue weighted by Crippen LogP contribution is 2.33. The lowest BCUT2D eigenvalue weighted by atomic mass is 9.76. The molecule has 4 atom stereocenters. The summed E-state index contributed by atoms with van der Waals surface area (Å²) in [6, 6.07) is 1.46. The van der Waals surface area contributed by atoms with Crippen LogP contribution in [0.15, 0.2) is 0 Å². The second-order valence-corrected chi connectivity index (χ2v) is 7.55. The average molecular weight is 297 g/mol. The Kier molecular flexibility index (Phi) is 8.89. The van der Waals surface area contributed by atoms with Gasteiger partial charge in [0.2, 0.25) is 0 Å². The zero-order valence-electron chi connectivity index (χ0n) is 15.5. The summed E-state index contributed by atoms with van der Waals surface area (Å²) in [5.41, 5.74) is 0. The van der Waals surface area contributed by atoms with Gasteiger partial charge < -0.3 is 5.32 Å². The molecule has 0 spiro atoms. The Morgan fingerprint density at radius 1 is 1.10 bits per heavy atom. The van der Waals surface area contributed by atoms with Gasteiger partial charge in [-0.25, -0.2) is 0 Å². The van der Waals surface area contributed by atoms with Gasteiger partial charge in [0, 0.05) is 18.6 Å². The van der Waals surface area contributed by atoms with Gasteiger partial charge in [-0.1, -0.05) is 48.0 Å². The Morgan fingerprint density at radius 2 is 1.81 bits per heavy atom. The van der Waals surface area contributed by atoms with Crippen molar-refractivity contribution in [1.82, 2.24) is 10.2 Å². The van der Waals surface area contributed by atoms with E-state index in [2.05, 4.69) is 51.8 Å². The minimum atomic E-state index is 0.712. The second-order valence-electron chi connectivity index (χ2n) is 7.55. The van der Waals surface area contributed by atoms with Crippen LogP contribution in [-0.2, 0) is 0 Å². The van der Waals surface area contributed by atoms with E-state index in [0.717, 1.165) is 23.8 Å². The molecule has 2 nitrogen and oxygen atoms in total. The van der Waals surface area contributed by atoms with Crippen molar-refractivity contribution in [3.05, 3.63) is 0 Å². The molecule has 1 fully saturated rings. The van der Waals surface area contributed by atoms with E-state index in [1.807, 2.05) is 0 Å². The summed E-state index contributed by atoms with van der Waals surface area (Å²) >= 11 is 0. The molecule has 1 rings (SSSR count). The first-order chi connectivity index (χ1) is 10.0. The highest BCUT2D eigenvalue weighted by atomic mass is 15.2. The number of likely N-dealkylation sites (N-methyl/N-ethyl adjacent to an activating group) is 1. The number of nitrogens with zero attached hydrogens (tertiary/aromatic N) is 1. The van der Waals surface area contributed by atoms with E-state index in [1.54, 1.807) is 0 Å². The van der Waals surface area contributed by atoms with Crippen LogP contribution in [0.5, 0.6) is 0 Å². The van der Waals surface area contributed by atoms with Crippen LogP contribution in [0.3, 0.4) is 0 Å². The van der Waals surface area contributed by atoms with Gasteiger partial charge in [-0.3, -0.25) is 4.90 Å². The van der Waals surface area contributed by atoms with Crippen LogP contribution in [0.2, 0.25) is 0 Å². The molecule has 0 aromatic heterocycles. The summed E-state index contributed by atoms with van der Waals surface area (Å²) in [6.07, 6.45) is 6.71. The minimum absolute atomic E-state index is 0.712. The van der Waals surface area contributed by atoms with Crippen molar-refractivity contribution in [2.75, 3.05) is 19.6 Å². The Labute approximate surface area is 134 Å². The highest BCUT2D eigenvalue weighted by molar-refractivity contribution is 4.92. The molecule has 0 radical (unpaired) electrons. The third kappa shape index (κ3) is 5.90. The minimum Gasteiger partial charge on any atom is -0.312 e. The molecule has 0 bridgehead atoms. The fourth-order valence-corrected chi connectivity index (χ4v) is 3.78. The molecule has 0 saturated heterocycles. The predicted octanol–water partition coefficient (Wildman–Crippen LogP) is 4.55. The summed E-state index contributed by atoms with van der Waals surface area (Å²) < 4.78 is 0. The maximum atomic E-state index is 3.85. The van der Waals surface area contributed by atoms with Gasteiger partial charge >= 0.3 is 0 Å². The Morgan fingerprint density at radius 3 is 2.33 bits per heavy atom. The molecular weight excluding hydrogens is 256 g/mol. The largest absolute Gasteiger partial charge is 0.312 e. The van der Waals surface area contributed by atoms with E-state index in [1.165, 1.54) is 51.7 Å². The molecule has 1 N–H and O–H groups in total. The Bertz CT molecular complexity index is 264. The summed E-state index contributed by atoms with van der Waals surface area (Å²) in [4.78, 5) is 2.77. The average Bonchev–Trinajstić information content (AvgIpc) is 2.50. The zero-order chi connectivity index (χ0) is 15.8. The molecule has 2 heteroatoms. The normalized spacial score (nSPS) is 28.3. The van der Waals surface area contributed by atoms with Crippen molar-refractivity contribution in [3.8, 4) is 0 Å². The monoisotopic (exact) mass is 296 g/mol. The summed E-state index contributed by atoms with van der Waals surface area (Å²) in [5.74, 6) is 2.57. The fraction of sp³-hybridized carbons (Fsp3) is 1.00. The van der Waals surface area contributed by atoms with E-state index in [-0.39, 0.29) is 0 Å². The van der Waals surface area contributed by atoms with Crippen LogP contribution < -0.4 is 5.32 Å². The van der Waals surface area contributed by atoms with Crippen molar-refractivity contribution in [3.63, 3.8) is 0 Å². The second kappa shape index (κ2) is 9.84. The standard InChI is InChI=1S/C19H40N2/c1-7-12-20-18-11-10-17(15(4)5)13-19(18)21(9-3)14-16(6)8-2/h15-20H,7-14H2,1-6H3. The molecule has 0 aliphatic heterocycles. The third-order valence-corrected chi connectivity index (χ3v) is 5.57. The van der Waals surface area contributed by atoms with Gasteiger partial charge in [-0.05, 0) is 56.5 Å². The molecule has 0 aromatic rings. The number of hydrogen-bond donors (Lipinski definition) is 1. The molecule has 1 saturated carbocycles. The molecule has 0 aromatic carbocycles. The molecule has 1 aliphatic carbocycles. The number of hydrogen-bond acceptors (Lipinski definition) is 2. The lowest BCUT2D eigenvalue weighted by molar-refractivity contribution is 0.0757. The number of nitrogens with one attached hydrogen (secondary N) is 1. The predicted molar refractivity (Wildman–Crippen MR) is 94.8 cm³/mol.